The monoisotopic (exact) mass is 1220 g/mol. The number of nitrogens with zero attached hydrogens (tertiary/aromatic N) is 4. The second-order valence-electron chi connectivity index (χ2n) is 22.4. The van der Waals surface area contributed by atoms with E-state index < -0.39 is 160 Å². The van der Waals surface area contributed by atoms with Crippen LogP contribution in [0.25, 0.3) is 22.2 Å². The molecule has 1 aliphatic carbocycles. The maximum Gasteiger partial charge on any atom is 0.341 e. The molecule has 87 heavy (non-hydrogen) atoms. The number of aliphatic hydroxyl groups excluding tert-OH is 8. The lowest BCUT2D eigenvalue weighted by Gasteiger charge is -2.48. The summed E-state index contributed by atoms with van der Waals surface area (Å²) in [7, 11) is 0. The zero-order valence-electron chi connectivity index (χ0n) is 47.9. The van der Waals surface area contributed by atoms with E-state index in [1.165, 1.54) is 23.7 Å². The highest BCUT2D eigenvalue weighted by Gasteiger charge is 2.55. The van der Waals surface area contributed by atoms with Gasteiger partial charge in [-0.25, -0.2) is 14.3 Å². The summed E-state index contributed by atoms with van der Waals surface area (Å²) >= 11 is 0. The Kier molecular flexibility index (Phi) is 21.2. The number of carbonyl (C=O) groups excluding carboxylic acids is 3. The molecule has 4 aliphatic heterocycles. The fourth-order valence-electron chi connectivity index (χ4n) is 11.5. The Labute approximate surface area is 499 Å². The Bertz CT molecular complexity index is 3120. The molecule has 20 atom stereocenters. The Morgan fingerprint density at radius 2 is 1.43 bits per heavy atom. The van der Waals surface area contributed by atoms with Crippen molar-refractivity contribution in [3.8, 4) is 11.3 Å². The van der Waals surface area contributed by atoms with Crippen molar-refractivity contribution in [2.45, 2.75) is 169 Å². The lowest BCUT2D eigenvalue weighted by molar-refractivity contribution is -0.348. The number of hydrogen-bond donors (Lipinski definition) is 9. The number of ether oxygens (including phenoxy) is 9. The Morgan fingerprint density at radius 3 is 2.13 bits per heavy atom. The highest BCUT2D eigenvalue weighted by atomic mass is 16.8. The Balaban J connectivity index is 0.942. The third-order valence-electron chi connectivity index (χ3n) is 16.5. The number of aromatic nitrogens is 3. The normalized spacial score (nSPS) is 33.1. The number of likely N-dealkylation sites (tertiary alicyclic amines) is 1. The van der Waals surface area contributed by atoms with Crippen molar-refractivity contribution >= 4 is 28.8 Å². The summed E-state index contributed by atoms with van der Waals surface area (Å²) in [5, 5.41) is 101. The molecule has 27 heteroatoms. The molecule has 9 N–H and O–H groups in total. The van der Waals surface area contributed by atoms with Crippen LogP contribution in [-0.2, 0) is 58.8 Å². The topological polar surface area (TPSA) is 372 Å². The van der Waals surface area contributed by atoms with Gasteiger partial charge in [-0.2, -0.15) is 0 Å². The van der Waals surface area contributed by atoms with Crippen molar-refractivity contribution in [2.75, 3.05) is 39.5 Å². The number of esters is 1. The Morgan fingerprint density at radius 1 is 0.736 bits per heavy atom. The highest BCUT2D eigenvalue weighted by molar-refractivity contribution is 5.89. The first-order valence-corrected chi connectivity index (χ1v) is 29.3. The predicted octanol–water partition coefficient (Wildman–Crippen LogP) is -0.152. The predicted molar refractivity (Wildman–Crippen MR) is 299 cm³/mol. The van der Waals surface area contributed by atoms with Crippen LogP contribution in [0.4, 0.5) is 0 Å². The van der Waals surface area contributed by atoms with Gasteiger partial charge in [0.25, 0.3) is 5.91 Å². The van der Waals surface area contributed by atoms with E-state index in [4.69, 9.17) is 47.0 Å². The van der Waals surface area contributed by atoms with Crippen LogP contribution < -0.4 is 10.9 Å². The number of benzene rings is 3. The van der Waals surface area contributed by atoms with Crippen LogP contribution in [0.15, 0.2) is 106 Å². The first-order chi connectivity index (χ1) is 42.0. The maximum atomic E-state index is 14.8. The molecule has 0 radical (unpaired) electrons. The standard InChI is InChI=1S/C60H75N5O22/c1-3-13-40(55(75)64-21-12-22-64)81-52-46(70)43(29-67)85-60(53(52)86-56(76)33-16-8-5-9-17-33)83-41-26-35(25-38(65-27-37(62-63-65)32-14-6-4-7-15-32)50(41)87-59-48(72)47(71)44(68)31(2)80-59)54(74)61-20-23-78-58-49(73)51(45(69)42(28-66)84-58)79-30-36-24-34-18-10-11-19-39(34)82-57(36)77/h4-11,14-19,24,27,31,35,38,40-53,58-60,66-73H,3,12-13,20-23,25-26,28-30H2,1-2H3,(H,61,74)/t31?,35?,38?,40-,41+,42?,43?,44+,45+,46-,47?,48?,49?,50?,51?,52?,53?,58-,59-,60+/m0/s1. The van der Waals surface area contributed by atoms with Crippen LogP contribution in [0, 0.1) is 5.92 Å². The number of amides is 2. The maximum absolute atomic E-state index is 14.8. The van der Waals surface area contributed by atoms with Gasteiger partial charge in [0, 0.05) is 36.5 Å². The third-order valence-corrected chi connectivity index (χ3v) is 16.5. The fraction of sp³-hybridized carbons (Fsp3) is 0.567. The van der Waals surface area contributed by atoms with Crippen molar-refractivity contribution in [3.63, 3.8) is 0 Å². The van der Waals surface area contributed by atoms with Gasteiger partial charge in [-0.05, 0) is 56.9 Å². The summed E-state index contributed by atoms with van der Waals surface area (Å²) < 4.78 is 63.0. The van der Waals surface area contributed by atoms with Gasteiger partial charge in [0.15, 0.2) is 25.0 Å². The summed E-state index contributed by atoms with van der Waals surface area (Å²) in [5.41, 5.74) is 0.918. The van der Waals surface area contributed by atoms with Crippen LogP contribution in [0.1, 0.15) is 67.9 Å². The van der Waals surface area contributed by atoms with Crippen molar-refractivity contribution in [3.05, 3.63) is 119 Å². The molecular formula is C60H75N5O22. The average Bonchev–Trinajstić information content (AvgIpc) is 1.83. The second kappa shape index (κ2) is 28.9. The minimum absolute atomic E-state index is 0.0879. The number of nitrogens with one attached hydrogen (secondary N) is 1. The van der Waals surface area contributed by atoms with E-state index in [0.717, 1.165) is 6.42 Å². The third kappa shape index (κ3) is 14.4. The van der Waals surface area contributed by atoms with E-state index >= 15 is 0 Å². The van der Waals surface area contributed by atoms with Crippen LogP contribution in [0.5, 0.6) is 0 Å². The van der Waals surface area contributed by atoms with Crippen LogP contribution in [-0.4, -0.2) is 228 Å². The molecule has 12 unspecified atom stereocenters. The zero-order chi connectivity index (χ0) is 61.5. The van der Waals surface area contributed by atoms with Crippen LogP contribution in [0.3, 0.4) is 0 Å². The van der Waals surface area contributed by atoms with Gasteiger partial charge in [-0.3, -0.25) is 9.59 Å². The van der Waals surface area contributed by atoms with Crippen molar-refractivity contribution in [2.24, 2.45) is 5.92 Å². The zero-order valence-corrected chi connectivity index (χ0v) is 47.9. The molecule has 2 aromatic heterocycles. The molecule has 10 rings (SSSR count). The molecule has 5 aromatic rings. The minimum Gasteiger partial charge on any atom is -0.450 e. The van der Waals surface area contributed by atoms with Crippen molar-refractivity contribution in [1.82, 2.24) is 25.2 Å². The van der Waals surface area contributed by atoms with E-state index in [1.807, 2.05) is 13.0 Å². The van der Waals surface area contributed by atoms with Gasteiger partial charge >= 0.3 is 11.6 Å². The van der Waals surface area contributed by atoms with E-state index in [1.54, 1.807) is 83.9 Å². The van der Waals surface area contributed by atoms with E-state index in [2.05, 4.69) is 15.6 Å². The first-order valence-electron chi connectivity index (χ1n) is 29.3. The van der Waals surface area contributed by atoms with Gasteiger partial charge in [0.1, 0.15) is 84.5 Å². The summed E-state index contributed by atoms with van der Waals surface area (Å²) in [6.07, 6.45) is -24.8. The molecule has 5 fully saturated rings. The van der Waals surface area contributed by atoms with Gasteiger partial charge < -0.3 is 98.1 Å². The summed E-state index contributed by atoms with van der Waals surface area (Å²) in [6, 6.07) is 24.2. The molecule has 3 aromatic carbocycles. The number of fused-ring (bicyclic) bond motifs is 1. The lowest BCUT2D eigenvalue weighted by Crippen LogP contribution is -2.64. The highest BCUT2D eigenvalue weighted by Crippen LogP contribution is 2.42. The SMILES string of the molecule is CCC[C@H](OC1C(OC(=O)c2ccccc2)[C@H](O[C@@H]2CC(C(=O)NCCO[C@H]3OC(CO)[C@@H](O)C(OCc4cc5ccccc5oc4=O)C3O)CC(n3cc(-c4ccccc4)nn3)C2O[C@@H]2OC(C)[C@@H](O)C(O)C2O)OC(CO)[C@@H]1O)C(=O)N1CCC1. The van der Waals surface area contributed by atoms with Crippen LogP contribution in [0.2, 0.25) is 0 Å². The molecule has 1 saturated carbocycles. The average molecular weight is 1220 g/mol. The van der Waals surface area contributed by atoms with Gasteiger partial charge in [-0.15, -0.1) is 5.10 Å². The molecular weight excluding hydrogens is 1140 g/mol. The van der Waals surface area contributed by atoms with Gasteiger partial charge in [-0.1, -0.05) is 85.3 Å². The molecule has 472 valence electrons. The van der Waals surface area contributed by atoms with Crippen LogP contribution >= 0.6 is 0 Å². The minimum atomic E-state index is -1.85. The van der Waals surface area contributed by atoms with Gasteiger partial charge in [0.05, 0.1) is 62.0 Å². The molecule has 4 saturated heterocycles. The lowest BCUT2D eigenvalue weighted by atomic mass is 9.80. The smallest absolute Gasteiger partial charge is 0.341 e. The van der Waals surface area contributed by atoms with Crippen molar-refractivity contribution < 1.29 is 102 Å². The number of rotatable bonds is 23. The van der Waals surface area contributed by atoms with E-state index in [0.29, 0.717) is 41.7 Å². The number of hydrogen-bond acceptors (Lipinski definition) is 24. The number of aliphatic hydroxyl groups is 8. The summed E-state index contributed by atoms with van der Waals surface area (Å²) in [6.45, 7) is 1.83. The molecule has 0 bridgehead atoms. The molecule has 0 spiro atoms. The second-order valence-corrected chi connectivity index (χ2v) is 22.4. The quantitative estimate of drug-likeness (QED) is 0.0233. The van der Waals surface area contributed by atoms with Gasteiger partial charge in [0.2, 0.25) is 5.91 Å². The summed E-state index contributed by atoms with van der Waals surface area (Å²) in [4.78, 5) is 57.3. The van der Waals surface area contributed by atoms with E-state index in [-0.39, 0.29) is 49.4 Å². The largest absolute Gasteiger partial charge is 0.450 e. The molecule has 2 amide bonds. The van der Waals surface area contributed by atoms with Crippen molar-refractivity contribution in [1.29, 1.82) is 0 Å². The first kappa shape index (κ1) is 63.8. The molecule has 5 aliphatic rings. The van der Waals surface area contributed by atoms with E-state index in [9.17, 15) is 60.0 Å². The summed E-state index contributed by atoms with van der Waals surface area (Å²) in [5.74, 6) is -2.89. The number of para-hydroxylation sites is 1. The molecule has 27 nitrogen and oxygen atoms in total. The molecule has 6 heterocycles. The Hall–Kier alpha value is -6.22. The number of carbonyl (C=O) groups is 3. The fourth-order valence-corrected chi connectivity index (χ4v) is 11.5.